The number of benzene rings is 1. The highest BCUT2D eigenvalue weighted by Crippen LogP contribution is 2.26. The largest absolute Gasteiger partial charge is 0.335 e. The highest BCUT2D eigenvalue weighted by Gasteiger charge is 2.31. The number of carbonyl (C=O) groups excluding carboxylic acids is 1. The molecule has 0 aliphatic carbocycles. The van der Waals surface area contributed by atoms with Crippen LogP contribution in [0.2, 0.25) is 0 Å². The van der Waals surface area contributed by atoms with Crippen molar-refractivity contribution in [2.45, 2.75) is 12.7 Å². The number of nitrogens with zero attached hydrogens (tertiary/aromatic N) is 4. The van der Waals surface area contributed by atoms with E-state index >= 15 is 0 Å². The Hall–Kier alpha value is -3.17. The quantitative estimate of drug-likeness (QED) is 0.504. The zero-order valence-electron chi connectivity index (χ0n) is 14.6. The summed E-state index contributed by atoms with van der Waals surface area (Å²) in [7, 11) is 1.47. The summed E-state index contributed by atoms with van der Waals surface area (Å²) in [6.45, 7) is -0.355. The number of fused-ring (bicyclic) bond motifs is 1. The van der Waals surface area contributed by atoms with E-state index < -0.39 is 35.2 Å². The normalized spacial score (nSPS) is 14.5. The number of aromatic nitrogens is 3. The van der Waals surface area contributed by atoms with Gasteiger partial charge in [-0.05, 0) is 23.8 Å². The molecule has 0 N–H and O–H groups in total. The number of pyridine rings is 1. The molecule has 3 heterocycles. The zero-order valence-corrected chi connectivity index (χ0v) is 14.6. The number of likely N-dealkylation sites (tertiary alicyclic amines) is 1. The molecule has 1 aliphatic rings. The van der Waals surface area contributed by atoms with Crippen molar-refractivity contribution in [1.29, 1.82) is 0 Å². The van der Waals surface area contributed by atoms with Crippen LogP contribution in [-0.4, -0.2) is 44.2 Å². The first kappa shape index (κ1) is 18.2. The van der Waals surface area contributed by atoms with Crippen molar-refractivity contribution in [3.63, 3.8) is 0 Å². The van der Waals surface area contributed by atoms with Gasteiger partial charge < -0.3 is 4.90 Å². The van der Waals surface area contributed by atoms with E-state index in [-0.39, 0.29) is 41.9 Å². The van der Waals surface area contributed by atoms with Crippen molar-refractivity contribution >= 4 is 17.1 Å². The maximum absolute atomic E-state index is 13.5. The summed E-state index contributed by atoms with van der Waals surface area (Å²) in [5, 5.41) is 0. The lowest BCUT2D eigenvalue weighted by Crippen LogP contribution is -2.52. The lowest BCUT2D eigenvalue weighted by atomic mass is 10.1. The van der Waals surface area contributed by atoms with Gasteiger partial charge in [0, 0.05) is 18.8 Å². The van der Waals surface area contributed by atoms with Gasteiger partial charge in [0.15, 0.2) is 23.1 Å². The third-order valence-electron chi connectivity index (χ3n) is 4.77. The predicted octanol–water partition coefficient (Wildman–Crippen LogP) is 2.00. The summed E-state index contributed by atoms with van der Waals surface area (Å²) in [4.78, 5) is 30.2. The Balaban J connectivity index is 1.78. The van der Waals surface area contributed by atoms with Crippen LogP contribution >= 0.6 is 0 Å². The first-order chi connectivity index (χ1) is 13.3. The lowest BCUT2D eigenvalue weighted by Gasteiger charge is -2.34. The number of halogens is 4. The van der Waals surface area contributed by atoms with E-state index in [4.69, 9.17) is 0 Å². The van der Waals surface area contributed by atoms with Gasteiger partial charge in [-0.25, -0.2) is 27.3 Å². The molecular formula is C18H14F4N4O2. The van der Waals surface area contributed by atoms with Gasteiger partial charge in [0.2, 0.25) is 5.91 Å². The van der Waals surface area contributed by atoms with E-state index in [0.29, 0.717) is 0 Å². The molecule has 4 rings (SSSR count). The molecule has 146 valence electrons. The number of amides is 1. The molecule has 0 unspecified atom stereocenters. The Kier molecular flexibility index (Phi) is 4.20. The van der Waals surface area contributed by atoms with E-state index in [2.05, 4.69) is 4.98 Å². The van der Waals surface area contributed by atoms with Crippen LogP contribution in [-0.2, 0) is 18.4 Å². The van der Waals surface area contributed by atoms with Gasteiger partial charge in [-0.2, -0.15) is 0 Å². The summed E-state index contributed by atoms with van der Waals surface area (Å²) >= 11 is 0. The van der Waals surface area contributed by atoms with Gasteiger partial charge in [0.1, 0.15) is 12.7 Å². The van der Waals surface area contributed by atoms with Gasteiger partial charge in [0.25, 0.3) is 0 Å². The van der Waals surface area contributed by atoms with Gasteiger partial charge >= 0.3 is 5.69 Å². The second-order valence-corrected chi connectivity index (χ2v) is 6.64. The molecule has 1 fully saturated rings. The highest BCUT2D eigenvalue weighted by atomic mass is 19.2. The minimum absolute atomic E-state index is 0.0179. The molecule has 1 aromatic carbocycles. The molecule has 6 nitrogen and oxygen atoms in total. The number of alkyl halides is 1. The van der Waals surface area contributed by atoms with Crippen molar-refractivity contribution in [1.82, 2.24) is 19.0 Å². The van der Waals surface area contributed by atoms with E-state index in [9.17, 15) is 27.2 Å². The van der Waals surface area contributed by atoms with Crippen LogP contribution in [0.1, 0.15) is 0 Å². The highest BCUT2D eigenvalue weighted by molar-refractivity contribution is 5.82. The van der Waals surface area contributed by atoms with Crippen LogP contribution in [0.4, 0.5) is 17.6 Å². The summed E-state index contributed by atoms with van der Waals surface area (Å²) in [6.07, 6.45) is 0.230. The van der Waals surface area contributed by atoms with E-state index in [0.717, 1.165) is 16.7 Å². The summed E-state index contributed by atoms with van der Waals surface area (Å²) < 4.78 is 55.7. The van der Waals surface area contributed by atoms with E-state index in [1.807, 2.05) is 0 Å². The molecule has 1 amide bonds. The molecule has 0 saturated carbocycles. The third-order valence-corrected chi connectivity index (χ3v) is 4.77. The van der Waals surface area contributed by atoms with Gasteiger partial charge in [0.05, 0.1) is 18.6 Å². The zero-order chi connectivity index (χ0) is 20.2. The molecule has 0 radical (unpaired) electrons. The minimum Gasteiger partial charge on any atom is -0.335 e. The summed E-state index contributed by atoms with van der Waals surface area (Å²) in [6, 6.07) is 3.08. The van der Waals surface area contributed by atoms with Crippen LogP contribution in [0.25, 0.3) is 22.3 Å². The number of carbonyl (C=O) groups is 1. The Morgan fingerprint density at radius 1 is 1.14 bits per heavy atom. The third kappa shape index (κ3) is 2.85. The number of rotatable bonds is 3. The van der Waals surface area contributed by atoms with Crippen molar-refractivity contribution in [2.24, 2.45) is 7.05 Å². The number of aryl methyl sites for hydroxylation is 1. The molecule has 2 aromatic heterocycles. The van der Waals surface area contributed by atoms with Crippen molar-refractivity contribution in [2.75, 3.05) is 13.1 Å². The fraction of sp³-hybridized carbons (Fsp3) is 0.278. The Morgan fingerprint density at radius 2 is 1.79 bits per heavy atom. The smallest absolute Gasteiger partial charge is 0.330 e. The van der Waals surface area contributed by atoms with Crippen molar-refractivity contribution in [3.05, 3.63) is 52.3 Å². The maximum Gasteiger partial charge on any atom is 0.330 e. The molecule has 3 aromatic rings. The van der Waals surface area contributed by atoms with Crippen LogP contribution in [0.3, 0.4) is 0 Å². The van der Waals surface area contributed by atoms with E-state index in [1.165, 1.54) is 28.8 Å². The summed E-state index contributed by atoms with van der Waals surface area (Å²) in [5.41, 5.74) is 0.284. The Morgan fingerprint density at radius 3 is 2.39 bits per heavy atom. The van der Waals surface area contributed by atoms with Gasteiger partial charge in [-0.3, -0.25) is 13.9 Å². The lowest BCUT2D eigenvalue weighted by molar-refractivity contribution is -0.138. The molecular weight excluding hydrogens is 380 g/mol. The number of hydrogen-bond acceptors (Lipinski definition) is 3. The van der Waals surface area contributed by atoms with Crippen molar-refractivity contribution in [3.8, 4) is 11.1 Å². The maximum atomic E-state index is 13.5. The molecule has 0 spiro atoms. The molecule has 1 aliphatic heterocycles. The predicted molar refractivity (Wildman–Crippen MR) is 91.8 cm³/mol. The van der Waals surface area contributed by atoms with Gasteiger partial charge in [-0.1, -0.05) is 0 Å². The molecule has 1 saturated heterocycles. The van der Waals surface area contributed by atoms with Crippen molar-refractivity contribution < 1.29 is 22.4 Å². The van der Waals surface area contributed by atoms with Crippen LogP contribution in [0.15, 0.2) is 29.2 Å². The summed E-state index contributed by atoms with van der Waals surface area (Å²) in [5.74, 6) is -4.71. The first-order valence-corrected chi connectivity index (χ1v) is 8.38. The van der Waals surface area contributed by atoms with Gasteiger partial charge in [-0.15, -0.1) is 0 Å². The number of hydrogen-bond donors (Lipinski definition) is 0. The number of imidazole rings is 1. The molecule has 10 heteroatoms. The second kappa shape index (κ2) is 6.47. The average molecular weight is 394 g/mol. The molecule has 0 bridgehead atoms. The second-order valence-electron chi connectivity index (χ2n) is 6.64. The van der Waals surface area contributed by atoms with Crippen LogP contribution < -0.4 is 5.69 Å². The monoisotopic (exact) mass is 394 g/mol. The Labute approximate surface area is 155 Å². The van der Waals surface area contributed by atoms with Crippen LogP contribution in [0, 0.1) is 17.5 Å². The molecule has 0 atom stereocenters. The first-order valence-electron chi connectivity index (χ1n) is 8.38. The Bertz CT molecular complexity index is 1140. The topological polar surface area (TPSA) is 60.1 Å². The average Bonchev–Trinajstić information content (AvgIpc) is 2.87. The SMILES string of the molecule is Cn1c(=O)n(CC(=O)N2CC(F)C2)c2cc(-c3cc(F)c(F)c(F)c3)cnc21. The standard InChI is InChI=1S/C18H14F4N4O2/c1-24-17-14(26(18(24)28)8-15(27)25-6-11(19)7-25)4-10(5-23-17)9-2-12(20)16(22)13(21)3-9/h2-5,11H,6-8H2,1H3. The fourth-order valence-corrected chi connectivity index (χ4v) is 3.17. The fourth-order valence-electron chi connectivity index (χ4n) is 3.17. The molecule has 28 heavy (non-hydrogen) atoms. The van der Waals surface area contributed by atoms with Crippen LogP contribution in [0.5, 0.6) is 0 Å². The van der Waals surface area contributed by atoms with E-state index in [1.54, 1.807) is 0 Å². The minimum atomic E-state index is -1.58.